The minimum Gasteiger partial charge on any atom is -0.353 e. The highest BCUT2D eigenvalue weighted by Crippen LogP contribution is 1.99. The zero-order valence-electron chi connectivity index (χ0n) is 9.45. The second kappa shape index (κ2) is 6.13. The molecular formula is C11H17N3O2. The minimum absolute atomic E-state index is 0.0419. The maximum atomic E-state index is 12.0. The first-order valence-electron chi connectivity index (χ1n) is 5.41. The number of amides is 2. The van der Waals surface area contributed by atoms with Crippen molar-refractivity contribution in [1.82, 2.24) is 15.5 Å². The third-order valence-corrected chi connectivity index (χ3v) is 2.40. The molecule has 1 saturated heterocycles. The lowest BCUT2D eigenvalue weighted by atomic mass is 10.2. The normalized spacial score (nSPS) is 19.8. The number of rotatable bonds is 4. The Balaban J connectivity index is 2.53. The van der Waals surface area contributed by atoms with Crippen molar-refractivity contribution in [3.63, 3.8) is 0 Å². The van der Waals surface area contributed by atoms with Crippen LogP contribution in [0.25, 0.3) is 0 Å². The summed E-state index contributed by atoms with van der Waals surface area (Å²) < 4.78 is 0. The fraction of sp³-hybridized carbons (Fsp3) is 0.636. The topological polar surface area (TPSA) is 61.4 Å². The van der Waals surface area contributed by atoms with E-state index in [-0.39, 0.29) is 24.4 Å². The molecule has 16 heavy (non-hydrogen) atoms. The molecule has 1 unspecified atom stereocenters. The first kappa shape index (κ1) is 12.5. The van der Waals surface area contributed by atoms with Gasteiger partial charge in [0.1, 0.15) is 6.04 Å². The Hall–Kier alpha value is -1.54. The van der Waals surface area contributed by atoms with Crippen molar-refractivity contribution in [2.24, 2.45) is 0 Å². The minimum atomic E-state index is -0.349. The van der Waals surface area contributed by atoms with Crippen molar-refractivity contribution in [2.75, 3.05) is 26.2 Å². The molecular weight excluding hydrogens is 206 g/mol. The summed E-state index contributed by atoms with van der Waals surface area (Å²) >= 11 is 0. The second-order valence-corrected chi connectivity index (χ2v) is 3.70. The standard InChI is InChI=1S/C11H17N3O2/c1-3-5-14(6-4-2)11(16)9-7-13-10(15)8-12-9/h1,9,12H,4-8H2,2H3,(H,13,15). The second-order valence-electron chi connectivity index (χ2n) is 3.70. The Labute approximate surface area is 95.6 Å². The van der Waals surface area contributed by atoms with Crippen LogP contribution >= 0.6 is 0 Å². The van der Waals surface area contributed by atoms with Gasteiger partial charge in [0, 0.05) is 13.1 Å². The fourth-order valence-corrected chi connectivity index (χ4v) is 1.61. The van der Waals surface area contributed by atoms with Gasteiger partial charge in [-0.3, -0.25) is 14.9 Å². The van der Waals surface area contributed by atoms with E-state index >= 15 is 0 Å². The molecule has 1 aliphatic heterocycles. The van der Waals surface area contributed by atoms with Gasteiger partial charge in [0.15, 0.2) is 0 Å². The van der Waals surface area contributed by atoms with E-state index < -0.39 is 0 Å². The zero-order valence-corrected chi connectivity index (χ0v) is 9.45. The molecule has 1 rings (SSSR count). The average Bonchev–Trinajstić information content (AvgIpc) is 2.29. The molecule has 88 valence electrons. The summed E-state index contributed by atoms with van der Waals surface area (Å²) in [5.74, 6) is 2.35. The van der Waals surface area contributed by atoms with Crippen molar-refractivity contribution in [2.45, 2.75) is 19.4 Å². The molecule has 0 saturated carbocycles. The summed E-state index contributed by atoms with van der Waals surface area (Å²) in [6, 6.07) is -0.349. The molecule has 2 N–H and O–H groups in total. The van der Waals surface area contributed by atoms with Gasteiger partial charge in [-0.05, 0) is 6.42 Å². The van der Waals surface area contributed by atoms with Crippen LogP contribution in [0.5, 0.6) is 0 Å². The van der Waals surface area contributed by atoms with E-state index in [0.717, 1.165) is 6.42 Å². The van der Waals surface area contributed by atoms with E-state index in [1.165, 1.54) is 0 Å². The smallest absolute Gasteiger partial charge is 0.242 e. The van der Waals surface area contributed by atoms with Crippen LogP contribution in [0.4, 0.5) is 0 Å². The molecule has 0 aromatic rings. The van der Waals surface area contributed by atoms with Crippen LogP contribution < -0.4 is 10.6 Å². The van der Waals surface area contributed by atoms with Crippen molar-refractivity contribution in [3.8, 4) is 12.3 Å². The molecule has 5 heteroatoms. The quantitative estimate of drug-likeness (QED) is 0.598. The largest absolute Gasteiger partial charge is 0.353 e. The summed E-state index contributed by atoms with van der Waals surface area (Å²) in [4.78, 5) is 24.6. The fourth-order valence-electron chi connectivity index (χ4n) is 1.61. The molecule has 0 spiro atoms. The Morgan fingerprint density at radius 3 is 2.94 bits per heavy atom. The highest BCUT2D eigenvalue weighted by Gasteiger charge is 2.26. The highest BCUT2D eigenvalue weighted by molar-refractivity contribution is 5.86. The number of nitrogens with one attached hydrogen (secondary N) is 2. The lowest BCUT2D eigenvalue weighted by Crippen LogP contribution is -2.58. The highest BCUT2D eigenvalue weighted by atomic mass is 16.2. The predicted octanol–water partition coefficient (Wildman–Crippen LogP) is -1.05. The van der Waals surface area contributed by atoms with Gasteiger partial charge in [0.25, 0.3) is 0 Å². The van der Waals surface area contributed by atoms with Gasteiger partial charge in [-0.25, -0.2) is 0 Å². The van der Waals surface area contributed by atoms with E-state index in [9.17, 15) is 9.59 Å². The maximum absolute atomic E-state index is 12.0. The third-order valence-electron chi connectivity index (χ3n) is 2.40. The number of carbonyl (C=O) groups is 2. The molecule has 1 atom stereocenters. The molecule has 1 heterocycles. The molecule has 0 aliphatic carbocycles. The monoisotopic (exact) mass is 223 g/mol. The Morgan fingerprint density at radius 2 is 2.44 bits per heavy atom. The van der Waals surface area contributed by atoms with E-state index in [0.29, 0.717) is 19.6 Å². The first-order chi connectivity index (χ1) is 7.69. The summed E-state index contributed by atoms with van der Waals surface area (Å²) in [6.45, 7) is 3.48. The lowest BCUT2D eigenvalue weighted by Gasteiger charge is -2.28. The Morgan fingerprint density at radius 1 is 1.69 bits per heavy atom. The summed E-state index contributed by atoms with van der Waals surface area (Å²) in [6.07, 6.45) is 6.08. The molecule has 0 bridgehead atoms. The Bertz CT molecular complexity index is 299. The van der Waals surface area contributed by atoms with Crippen molar-refractivity contribution in [1.29, 1.82) is 0 Å². The van der Waals surface area contributed by atoms with E-state index in [1.807, 2.05) is 6.92 Å². The molecule has 1 aliphatic rings. The number of hydrogen-bond donors (Lipinski definition) is 2. The lowest BCUT2D eigenvalue weighted by molar-refractivity contribution is -0.134. The molecule has 0 aromatic heterocycles. The summed E-state index contributed by atoms with van der Waals surface area (Å²) in [5, 5.41) is 5.55. The number of terminal acetylenes is 1. The van der Waals surface area contributed by atoms with Crippen molar-refractivity contribution >= 4 is 11.8 Å². The van der Waals surface area contributed by atoms with E-state index in [2.05, 4.69) is 16.6 Å². The van der Waals surface area contributed by atoms with Gasteiger partial charge in [-0.1, -0.05) is 12.8 Å². The van der Waals surface area contributed by atoms with Gasteiger partial charge < -0.3 is 10.2 Å². The molecule has 0 radical (unpaired) electrons. The van der Waals surface area contributed by atoms with Crippen LogP contribution in [0.1, 0.15) is 13.3 Å². The van der Waals surface area contributed by atoms with Crippen LogP contribution in [0, 0.1) is 12.3 Å². The van der Waals surface area contributed by atoms with Crippen LogP contribution in [-0.4, -0.2) is 48.9 Å². The van der Waals surface area contributed by atoms with E-state index in [1.54, 1.807) is 4.90 Å². The molecule has 2 amide bonds. The van der Waals surface area contributed by atoms with Crippen LogP contribution in [0.15, 0.2) is 0 Å². The Kier molecular flexibility index (Phi) is 4.80. The van der Waals surface area contributed by atoms with Gasteiger partial charge in [0.05, 0.1) is 13.1 Å². The van der Waals surface area contributed by atoms with Crippen LogP contribution in [-0.2, 0) is 9.59 Å². The van der Waals surface area contributed by atoms with Gasteiger partial charge in [-0.2, -0.15) is 0 Å². The molecule has 0 aromatic carbocycles. The first-order valence-corrected chi connectivity index (χ1v) is 5.41. The zero-order chi connectivity index (χ0) is 12.0. The SMILES string of the molecule is C#CCN(CCC)C(=O)C1CNC(=O)CN1. The van der Waals surface area contributed by atoms with Gasteiger partial charge in [0.2, 0.25) is 11.8 Å². The number of hydrogen-bond acceptors (Lipinski definition) is 3. The number of nitrogens with zero attached hydrogens (tertiary/aromatic N) is 1. The molecule has 1 fully saturated rings. The summed E-state index contributed by atoms with van der Waals surface area (Å²) in [7, 11) is 0. The van der Waals surface area contributed by atoms with Crippen molar-refractivity contribution in [3.05, 3.63) is 0 Å². The van der Waals surface area contributed by atoms with E-state index in [4.69, 9.17) is 6.42 Å². The van der Waals surface area contributed by atoms with Gasteiger partial charge >= 0.3 is 0 Å². The van der Waals surface area contributed by atoms with Crippen LogP contribution in [0.2, 0.25) is 0 Å². The number of carbonyl (C=O) groups excluding carboxylic acids is 2. The van der Waals surface area contributed by atoms with Crippen LogP contribution in [0.3, 0.4) is 0 Å². The molecule has 5 nitrogen and oxygen atoms in total. The number of piperazine rings is 1. The maximum Gasteiger partial charge on any atom is 0.242 e. The van der Waals surface area contributed by atoms with Crippen molar-refractivity contribution < 1.29 is 9.59 Å². The summed E-state index contributed by atoms with van der Waals surface area (Å²) in [5.41, 5.74) is 0. The average molecular weight is 223 g/mol. The van der Waals surface area contributed by atoms with Gasteiger partial charge in [-0.15, -0.1) is 6.42 Å². The third kappa shape index (κ3) is 3.24. The predicted molar refractivity (Wildman–Crippen MR) is 60.5 cm³/mol.